The van der Waals surface area contributed by atoms with Gasteiger partial charge in [0.05, 0.1) is 24.6 Å². The summed E-state index contributed by atoms with van der Waals surface area (Å²) in [7, 11) is 0. The van der Waals surface area contributed by atoms with Crippen LogP contribution in [-0.4, -0.2) is 72.2 Å². The fourth-order valence-corrected chi connectivity index (χ4v) is 2.56. The van der Waals surface area contributed by atoms with Crippen LogP contribution in [0.25, 0.3) is 0 Å². The summed E-state index contributed by atoms with van der Waals surface area (Å²) in [6, 6.07) is 4.45. The monoisotopic (exact) mass is 366 g/mol. The number of nitrogens with zero attached hydrogens (tertiary/aromatic N) is 2. The summed E-state index contributed by atoms with van der Waals surface area (Å²) in [5, 5.41) is 25.4. The molecule has 0 bridgehead atoms. The van der Waals surface area contributed by atoms with Crippen LogP contribution in [0.5, 0.6) is 0 Å². The van der Waals surface area contributed by atoms with E-state index in [9.17, 15) is 24.8 Å². The quantitative estimate of drug-likeness (QED) is 0.420. The lowest BCUT2D eigenvalue weighted by Crippen LogP contribution is -2.45. The maximum absolute atomic E-state index is 12.1. The summed E-state index contributed by atoms with van der Waals surface area (Å²) in [5.74, 6) is -1.65. The van der Waals surface area contributed by atoms with Gasteiger partial charge in [-0.25, -0.2) is 0 Å². The molecule has 0 radical (unpaired) electrons. The molecule has 10 heteroatoms. The number of carboxylic acid groups (broad SMARTS) is 1. The Morgan fingerprint density at radius 3 is 2.73 bits per heavy atom. The standard InChI is InChI=1S/C16H22N4O6/c21-15(18-12-2-1-3-13(10-12)20(24)25)11-14(16(22)23)17-4-5-19-6-8-26-9-7-19/h1-3,10,14,17H,4-9,11H2,(H,18,21)(H,22,23)/t14-/m1/s1. The Morgan fingerprint density at radius 2 is 2.08 bits per heavy atom. The van der Waals surface area contributed by atoms with Crippen LogP contribution in [0.15, 0.2) is 24.3 Å². The zero-order valence-corrected chi connectivity index (χ0v) is 14.2. The summed E-state index contributed by atoms with van der Waals surface area (Å²) in [6.07, 6.45) is -0.277. The van der Waals surface area contributed by atoms with E-state index in [4.69, 9.17) is 4.74 Å². The third-order valence-corrected chi connectivity index (χ3v) is 3.95. The first-order valence-electron chi connectivity index (χ1n) is 8.26. The molecule has 142 valence electrons. The van der Waals surface area contributed by atoms with Crippen molar-refractivity contribution in [2.24, 2.45) is 0 Å². The molecule has 0 spiro atoms. The predicted octanol–water partition coefficient (Wildman–Crippen LogP) is 0.298. The van der Waals surface area contributed by atoms with E-state index in [1.165, 1.54) is 24.3 Å². The summed E-state index contributed by atoms with van der Waals surface area (Å²) in [6.45, 7) is 4.02. The largest absolute Gasteiger partial charge is 0.480 e. The molecule has 1 fully saturated rings. The number of aliphatic carboxylic acids is 1. The van der Waals surface area contributed by atoms with Crippen molar-refractivity contribution in [2.45, 2.75) is 12.5 Å². The van der Waals surface area contributed by atoms with Gasteiger partial charge < -0.3 is 20.5 Å². The molecule has 1 amide bonds. The Hall–Kier alpha value is -2.56. The number of carbonyl (C=O) groups is 2. The summed E-state index contributed by atoms with van der Waals surface area (Å²) in [4.78, 5) is 35.7. The highest BCUT2D eigenvalue weighted by atomic mass is 16.6. The molecule has 0 unspecified atom stereocenters. The lowest BCUT2D eigenvalue weighted by molar-refractivity contribution is -0.384. The van der Waals surface area contributed by atoms with Gasteiger partial charge in [0.2, 0.25) is 5.91 Å². The van der Waals surface area contributed by atoms with Gasteiger partial charge in [-0.15, -0.1) is 0 Å². The zero-order chi connectivity index (χ0) is 18.9. The van der Waals surface area contributed by atoms with Crippen LogP contribution in [0.3, 0.4) is 0 Å². The molecule has 1 aromatic carbocycles. The number of nitro groups is 1. The first-order chi connectivity index (χ1) is 12.5. The van der Waals surface area contributed by atoms with Crippen LogP contribution in [0.4, 0.5) is 11.4 Å². The number of non-ortho nitro benzene ring substituents is 1. The molecule has 0 aliphatic carbocycles. The van der Waals surface area contributed by atoms with Crippen LogP contribution in [0.2, 0.25) is 0 Å². The number of hydrogen-bond acceptors (Lipinski definition) is 7. The summed E-state index contributed by atoms with van der Waals surface area (Å²) < 4.78 is 5.25. The zero-order valence-electron chi connectivity index (χ0n) is 14.2. The van der Waals surface area contributed by atoms with E-state index in [2.05, 4.69) is 15.5 Å². The minimum Gasteiger partial charge on any atom is -0.480 e. The van der Waals surface area contributed by atoms with Gasteiger partial charge in [-0.05, 0) is 6.07 Å². The second kappa shape index (κ2) is 9.80. The van der Waals surface area contributed by atoms with Crippen molar-refractivity contribution in [2.75, 3.05) is 44.7 Å². The highest BCUT2D eigenvalue weighted by Gasteiger charge is 2.21. The molecule has 1 saturated heterocycles. The molecular weight excluding hydrogens is 344 g/mol. The van der Waals surface area contributed by atoms with Crippen molar-refractivity contribution >= 4 is 23.3 Å². The van der Waals surface area contributed by atoms with E-state index in [1.807, 2.05) is 0 Å². The molecule has 1 aromatic rings. The van der Waals surface area contributed by atoms with E-state index < -0.39 is 22.8 Å². The number of anilines is 1. The third-order valence-electron chi connectivity index (χ3n) is 3.95. The molecule has 26 heavy (non-hydrogen) atoms. The Bertz CT molecular complexity index is 647. The Balaban J connectivity index is 1.82. The Morgan fingerprint density at radius 1 is 1.35 bits per heavy atom. The molecule has 1 heterocycles. The van der Waals surface area contributed by atoms with E-state index in [1.54, 1.807) is 0 Å². The number of morpholine rings is 1. The normalized spacial score (nSPS) is 16.0. The topological polar surface area (TPSA) is 134 Å². The number of benzene rings is 1. The Kier molecular flexibility index (Phi) is 7.45. The van der Waals surface area contributed by atoms with Gasteiger partial charge in [-0.1, -0.05) is 6.07 Å². The minimum atomic E-state index is -1.12. The minimum absolute atomic E-state index is 0.152. The van der Waals surface area contributed by atoms with Crippen molar-refractivity contribution in [3.8, 4) is 0 Å². The second-order valence-corrected chi connectivity index (χ2v) is 5.86. The molecule has 2 rings (SSSR count). The van der Waals surface area contributed by atoms with Crippen molar-refractivity contribution in [1.29, 1.82) is 0 Å². The SMILES string of the molecule is O=C(C[C@@H](NCCN1CCOCC1)C(=O)O)Nc1cccc([N+](=O)[O-])c1. The highest BCUT2D eigenvalue weighted by molar-refractivity contribution is 5.94. The maximum atomic E-state index is 12.1. The highest BCUT2D eigenvalue weighted by Crippen LogP contribution is 2.17. The maximum Gasteiger partial charge on any atom is 0.321 e. The molecule has 10 nitrogen and oxygen atoms in total. The van der Waals surface area contributed by atoms with Crippen molar-refractivity contribution < 1.29 is 24.4 Å². The number of nitro benzene ring substituents is 1. The lowest BCUT2D eigenvalue weighted by atomic mass is 10.2. The van der Waals surface area contributed by atoms with Crippen LogP contribution in [0.1, 0.15) is 6.42 Å². The van der Waals surface area contributed by atoms with Crippen LogP contribution in [0, 0.1) is 10.1 Å². The smallest absolute Gasteiger partial charge is 0.321 e. The summed E-state index contributed by atoms with van der Waals surface area (Å²) >= 11 is 0. The fourth-order valence-electron chi connectivity index (χ4n) is 2.56. The number of nitrogens with one attached hydrogen (secondary N) is 2. The molecule has 0 aromatic heterocycles. The number of rotatable bonds is 9. The average molecular weight is 366 g/mol. The molecule has 1 aliphatic rings. The number of amides is 1. The second-order valence-electron chi connectivity index (χ2n) is 5.86. The number of ether oxygens (including phenoxy) is 1. The first-order valence-corrected chi connectivity index (χ1v) is 8.26. The van der Waals surface area contributed by atoms with Gasteiger partial charge in [0.15, 0.2) is 0 Å². The third kappa shape index (κ3) is 6.39. The van der Waals surface area contributed by atoms with Crippen LogP contribution in [-0.2, 0) is 14.3 Å². The van der Waals surface area contributed by atoms with Gasteiger partial charge in [0, 0.05) is 44.0 Å². The van der Waals surface area contributed by atoms with Gasteiger partial charge >= 0.3 is 5.97 Å². The average Bonchev–Trinajstić information content (AvgIpc) is 2.61. The van der Waals surface area contributed by atoms with E-state index >= 15 is 0 Å². The van der Waals surface area contributed by atoms with Crippen LogP contribution < -0.4 is 10.6 Å². The van der Waals surface area contributed by atoms with Crippen molar-refractivity contribution in [3.63, 3.8) is 0 Å². The van der Waals surface area contributed by atoms with Gasteiger partial charge in [-0.2, -0.15) is 0 Å². The lowest BCUT2D eigenvalue weighted by Gasteiger charge is -2.27. The molecule has 1 aliphatic heterocycles. The van der Waals surface area contributed by atoms with Crippen LogP contribution >= 0.6 is 0 Å². The first kappa shape index (κ1) is 19.8. The predicted molar refractivity (Wildman–Crippen MR) is 93.0 cm³/mol. The Labute approximate surface area is 150 Å². The van der Waals surface area contributed by atoms with E-state index in [0.29, 0.717) is 26.3 Å². The van der Waals surface area contributed by atoms with Crippen molar-refractivity contribution in [3.05, 3.63) is 34.4 Å². The van der Waals surface area contributed by atoms with E-state index in [0.717, 1.165) is 13.1 Å². The summed E-state index contributed by atoms with van der Waals surface area (Å²) in [5.41, 5.74) is 0.0999. The van der Waals surface area contributed by atoms with Gasteiger partial charge in [0.25, 0.3) is 5.69 Å². The number of hydrogen-bond donors (Lipinski definition) is 3. The molecule has 1 atom stereocenters. The number of carboxylic acids is 1. The molecule has 3 N–H and O–H groups in total. The fraction of sp³-hybridized carbons (Fsp3) is 0.500. The molecule has 0 saturated carbocycles. The van der Waals surface area contributed by atoms with E-state index in [-0.39, 0.29) is 17.8 Å². The van der Waals surface area contributed by atoms with Gasteiger partial charge in [0.1, 0.15) is 6.04 Å². The number of carbonyl (C=O) groups excluding carboxylic acids is 1. The van der Waals surface area contributed by atoms with Crippen molar-refractivity contribution in [1.82, 2.24) is 10.2 Å². The van der Waals surface area contributed by atoms with Gasteiger partial charge in [-0.3, -0.25) is 24.6 Å². The molecular formula is C16H22N4O6.